The molecule has 2 rings (SSSR count). The highest BCUT2D eigenvalue weighted by Crippen LogP contribution is 2.18. The van der Waals surface area contributed by atoms with Crippen molar-refractivity contribution in [1.82, 2.24) is 4.72 Å². The number of nitrogens with one attached hydrogen (secondary N) is 1. The Morgan fingerprint density at radius 1 is 1.19 bits per heavy atom. The fraction of sp³-hybridized carbons (Fsp3) is 0.200. The molecule has 0 amide bonds. The van der Waals surface area contributed by atoms with Crippen molar-refractivity contribution in [2.45, 2.75) is 18.4 Å². The highest BCUT2D eigenvalue weighted by atomic mass is 32.2. The van der Waals surface area contributed by atoms with E-state index < -0.39 is 10.0 Å². The van der Waals surface area contributed by atoms with Gasteiger partial charge in [-0.1, -0.05) is 12.1 Å². The fourth-order valence-electron chi connectivity index (χ4n) is 2.01. The molecule has 0 heterocycles. The molecule has 2 aromatic carbocycles. The molecule has 0 saturated carbocycles. The van der Waals surface area contributed by atoms with E-state index in [0.29, 0.717) is 17.0 Å². The summed E-state index contributed by atoms with van der Waals surface area (Å²) in [5.41, 5.74) is 7.62. The summed E-state index contributed by atoms with van der Waals surface area (Å²) in [5, 5.41) is 0. The molecule has 0 atom stereocenters. The zero-order valence-corrected chi connectivity index (χ0v) is 12.8. The Kier molecular flexibility index (Phi) is 4.50. The molecule has 0 aromatic heterocycles. The van der Waals surface area contributed by atoms with Gasteiger partial charge in [-0.05, 0) is 48.4 Å². The van der Waals surface area contributed by atoms with Gasteiger partial charge in [-0.2, -0.15) is 0 Å². The van der Waals surface area contributed by atoms with Crippen LogP contribution in [0.3, 0.4) is 0 Å². The van der Waals surface area contributed by atoms with E-state index in [1.165, 1.54) is 6.07 Å². The van der Waals surface area contributed by atoms with Gasteiger partial charge in [0, 0.05) is 12.2 Å². The van der Waals surface area contributed by atoms with Crippen molar-refractivity contribution >= 4 is 15.7 Å². The Labute approximate surface area is 124 Å². The third-order valence-electron chi connectivity index (χ3n) is 3.09. The van der Waals surface area contributed by atoms with Crippen molar-refractivity contribution in [3.63, 3.8) is 0 Å². The molecule has 0 unspecified atom stereocenters. The van der Waals surface area contributed by atoms with Crippen LogP contribution >= 0.6 is 0 Å². The second kappa shape index (κ2) is 6.15. The molecule has 0 aliphatic rings. The highest BCUT2D eigenvalue weighted by Gasteiger charge is 2.16. The van der Waals surface area contributed by atoms with Crippen LogP contribution in [0.5, 0.6) is 5.75 Å². The van der Waals surface area contributed by atoms with E-state index in [2.05, 4.69) is 4.72 Å². The Bertz CT molecular complexity index is 742. The van der Waals surface area contributed by atoms with E-state index in [1.54, 1.807) is 32.2 Å². The van der Waals surface area contributed by atoms with Gasteiger partial charge in [0.05, 0.1) is 12.0 Å². The minimum Gasteiger partial charge on any atom is -0.497 e. The van der Waals surface area contributed by atoms with Gasteiger partial charge in [0.1, 0.15) is 5.75 Å². The molecule has 0 saturated heterocycles. The van der Waals surface area contributed by atoms with E-state index in [1.807, 2.05) is 18.2 Å². The van der Waals surface area contributed by atoms with E-state index in [0.717, 1.165) is 5.56 Å². The predicted molar refractivity (Wildman–Crippen MR) is 82.6 cm³/mol. The summed E-state index contributed by atoms with van der Waals surface area (Å²) in [6.07, 6.45) is 0. The van der Waals surface area contributed by atoms with Gasteiger partial charge in [-0.3, -0.25) is 0 Å². The van der Waals surface area contributed by atoms with Gasteiger partial charge < -0.3 is 10.5 Å². The average Bonchev–Trinajstić information content (AvgIpc) is 2.45. The van der Waals surface area contributed by atoms with Crippen molar-refractivity contribution < 1.29 is 13.2 Å². The molecule has 0 bridgehead atoms. The maximum absolute atomic E-state index is 12.3. The SMILES string of the molecule is COc1cccc(CNS(=O)(=O)c2ccc(N)cc2C)c1. The molecule has 112 valence electrons. The molecule has 2 aromatic rings. The van der Waals surface area contributed by atoms with E-state index in [-0.39, 0.29) is 11.4 Å². The van der Waals surface area contributed by atoms with Crippen LogP contribution in [-0.4, -0.2) is 15.5 Å². The molecule has 0 aliphatic carbocycles. The van der Waals surface area contributed by atoms with Crippen molar-refractivity contribution in [2.24, 2.45) is 0 Å². The van der Waals surface area contributed by atoms with E-state index in [9.17, 15) is 8.42 Å². The third-order valence-corrected chi connectivity index (χ3v) is 4.65. The Morgan fingerprint density at radius 3 is 2.62 bits per heavy atom. The van der Waals surface area contributed by atoms with Gasteiger partial charge in [0.2, 0.25) is 10.0 Å². The number of benzene rings is 2. The normalized spacial score (nSPS) is 11.3. The van der Waals surface area contributed by atoms with Crippen LogP contribution in [0.4, 0.5) is 5.69 Å². The smallest absolute Gasteiger partial charge is 0.241 e. The summed E-state index contributed by atoms with van der Waals surface area (Å²) in [4.78, 5) is 0.236. The zero-order valence-electron chi connectivity index (χ0n) is 12.0. The first kappa shape index (κ1) is 15.3. The van der Waals surface area contributed by atoms with Crippen LogP contribution in [0.15, 0.2) is 47.4 Å². The molecule has 6 heteroatoms. The Balaban J connectivity index is 2.17. The van der Waals surface area contributed by atoms with Gasteiger partial charge in [0.25, 0.3) is 0 Å². The number of sulfonamides is 1. The minimum absolute atomic E-state index is 0.198. The summed E-state index contributed by atoms with van der Waals surface area (Å²) >= 11 is 0. The average molecular weight is 306 g/mol. The van der Waals surface area contributed by atoms with Crippen LogP contribution in [0.2, 0.25) is 0 Å². The number of ether oxygens (including phenoxy) is 1. The number of aryl methyl sites for hydroxylation is 1. The fourth-order valence-corrected chi connectivity index (χ4v) is 3.25. The number of hydrogen-bond donors (Lipinski definition) is 2. The van der Waals surface area contributed by atoms with E-state index >= 15 is 0 Å². The number of rotatable bonds is 5. The lowest BCUT2D eigenvalue weighted by molar-refractivity contribution is 0.414. The van der Waals surface area contributed by atoms with Crippen LogP contribution in [-0.2, 0) is 16.6 Å². The first-order valence-electron chi connectivity index (χ1n) is 6.41. The second-order valence-corrected chi connectivity index (χ2v) is 6.44. The number of nitrogens with two attached hydrogens (primary N) is 1. The minimum atomic E-state index is -3.57. The molecular weight excluding hydrogens is 288 g/mol. The summed E-state index contributed by atoms with van der Waals surface area (Å²) in [7, 11) is -2.00. The summed E-state index contributed by atoms with van der Waals surface area (Å²) < 4.78 is 32.3. The van der Waals surface area contributed by atoms with Crippen molar-refractivity contribution in [3.8, 4) is 5.75 Å². The summed E-state index contributed by atoms with van der Waals surface area (Å²) in [6, 6.07) is 12.0. The van der Waals surface area contributed by atoms with Crippen LogP contribution in [0.1, 0.15) is 11.1 Å². The number of hydrogen-bond acceptors (Lipinski definition) is 4. The lowest BCUT2D eigenvalue weighted by Gasteiger charge is -2.10. The number of anilines is 1. The van der Waals surface area contributed by atoms with E-state index in [4.69, 9.17) is 10.5 Å². The first-order chi connectivity index (χ1) is 9.92. The second-order valence-electron chi connectivity index (χ2n) is 4.70. The van der Waals surface area contributed by atoms with Crippen molar-refractivity contribution in [1.29, 1.82) is 0 Å². The Morgan fingerprint density at radius 2 is 1.95 bits per heavy atom. The molecule has 0 spiro atoms. The molecule has 3 N–H and O–H groups in total. The predicted octanol–water partition coefficient (Wildman–Crippen LogP) is 2.06. The molecule has 0 aliphatic heterocycles. The molecule has 5 nitrogen and oxygen atoms in total. The number of methoxy groups -OCH3 is 1. The molecule has 0 radical (unpaired) electrons. The topological polar surface area (TPSA) is 81.4 Å². The quantitative estimate of drug-likeness (QED) is 0.829. The van der Waals surface area contributed by atoms with Crippen LogP contribution in [0.25, 0.3) is 0 Å². The van der Waals surface area contributed by atoms with Gasteiger partial charge in [-0.15, -0.1) is 0 Å². The summed E-state index contributed by atoms with van der Waals surface area (Å²) in [5.74, 6) is 0.690. The molecule has 21 heavy (non-hydrogen) atoms. The third kappa shape index (κ3) is 3.74. The number of nitrogen functional groups attached to an aromatic ring is 1. The highest BCUT2D eigenvalue weighted by molar-refractivity contribution is 7.89. The monoisotopic (exact) mass is 306 g/mol. The van der Waals surface area contributed by atoms with Crippen LogP contribution in [0, 0.1) is 6.92 Å². The van der Waals surface area contributed by atoms with Crippen LogP contribution < -0.4 is 15.2 Å². The van der Waals surface area contributed by atoms with Crippen molar-refractivity contribution in [3.05, 3.63) is 53.6 Å². The maximum atomic E-state index is 12.3. The van der Waals surface area contributed by atoms with Gasteiger partial charge >= 0.3 is 0 Å². The molecule has 0 fully saturated rings. The zero-order chi connectivity index (χ0) is 15.5. The van der Waals surface area contributed by atoms with Crippen molar-refractivity contribution in [2.75, 3.05) is 12.8 Å². The standard InChI is InChI=1S/C15H18N2O3S/c1-11-8-13(16)6-7-15(11)21(18,19)17-10-12-4-3-5-14(9-12)20-2/h3-9,17H,10,16H2,1-2H3. The summed E-state index contributed by atoms with van der Waals surface area (Å²) in [6.45, 7) is 1.92. The van der Waals surface area contributed by atoms with Gasteiger partial charge in [0.15, 0.2) is 0 Å². The lowest BCUT2D eigenvalue weighted by atomic mass is 10.2. The first-order valence-corrected chi connectivity index (χ1v) is 7.89. The lowest BCUT2D eigenvalue weighted by Crippen LogP contribution is -2.24. The largest absolute Gasteiger partial charge is 0.497 e. The molecular formula is C15H18N2O3S. The van der Waals surface area contributed by atoms with Gasteiger partial charge in [-0.25, -0.2) is 13.1 Å². The Hall–Kier alpha value is -2.05. The maximum Gasteiger partial charge on any atom is 0.241 e.